The topological polar surface area (TPSA) is 48.1 Å². The minimum absolute atomic E-state index is 0.195. The SMILES string of the molecule is COC(=O)C1(Cl)OC1(C)C1CC2CCC1O2. The van der Waals surface area contributed by atoms with Crippen molar-refractivity contribution < 1.29 is 19.0 Å². The number of epoxide rings is 1. The van der Waals surface area contributed by atoms with E-state index in [9.17, 15) is 4.79 Å². The molecular formula is C11H15ClO4. The Morgan fingerprint density at radius 1 is 1.50 bits per heavy atom. The van der Waals surface area contributed by atoms with Crippen LogP contribution in [0.25, 0.3) is 0 Å². The van der Waals surface area contributed by atoms with Crippen molar-refractivity contribution in [2.24, 2.45) is 5.92 Å². The molecule has 16 heavy (non-hydrogen) atoms. The molecule has 4 nitrogen and oxygen atoms in total. The van der Waals surface area contributed by atoms with E-state index in [-0.39, 0.29) is 12.0 Å². The molecule has 0 aliphatic carbocycles. The third kappa shape index (κ3) is 1.15. The van der Waals surface area contributed by atoms with Crippen LogP contribution in [0, 0.1) is 5.92 Å². The average Bonchev–Trinajstić information content (AvgIpc) is 2.69. The lowest BCUT2D eigenvalue weighted by Crippen LogP contribution is -2.38. The molecule has 3 saturated heterocycles. The first-order valence-electron chi connectivity index (χ1n) is 5.64. The van der Waals surface area contributed by atoms with Gasteiger partial charge in [-0.3, -0.25) is 0 Å². The minimum atomic E-state index is -1.29. The molecule has 0 aromatic heterocycles. The normalized spacial score (nSPS) is 54.1. The summed E-state index contributed by atoms with van der Waals surface area (Å²) in [6.07, 6.45) is 3.62. The predicted molar refractivity (Wildman–Crippen MR) is 56.1 cm³/mol. The monoisotopic (exact) mass is 246 g/mol. The molecule has 3 aliphatic heterocycles. The summed E-state index contributed by atoms with van der Waals surface area (Å²) in [4.78, 5) is 11.6. The quantitative estimate of drug-likeness (QED) is 0.420. The third-order valence-corrected chi connectivity index (χ3v) is 4.82. The second kappa shape index (κ2) is 3.12. The van der Waals surface area contributed by atoms with Crippen LogP contribution >= 0.6 is 11.6 Å². The number of fused-ring (bicyclic) bond motifs is 2. The fourth-order valence-corrected chi connectivity index (χ4v) is 3.55. The fourth-order valence-electron chi connectivity index (χ4n) is 3.17. The van der Waals surface area contributed by atoms with Gasteiger partial charge in [0.2, 0.25) is 0 Å². The lowest BCUT2D eigenvalue weighted by molar-refractivity contribution is -0.143. The highest BCUT2D eigenvalue weighted by atomic mass is 35.5. The molecule has 3 heterocycles. The van der Waals surface area contributed by atoms with Gasteiger partial charge >= 0.3 is 5.97 Å². The lowest BCUT2D eigenvalue weighted by atomic mass is 9.78. The first kappa shape index (κ1) is 10.8. The lowest BCUT2D eigenvalue weighted by Gasteiger charge is -2.23. The number of halogens is 1. The van der Waals surface area contributed by atoms with Gasteiger partial charge in [-0.2, -0.15) is 0 Å². The molecule has 3 aliphatic rings. The van der Waals surface area contributed by atoms with Gasteiger partial charge in [-0.25, -0.2) is 4.79 Å². The number of hydrogen-bond donors (Lipinski definition) is 0. The smallest absolute Gasteiger partial charge is 0.357 e. The molecule has 2 bridgehead atoms. The number of hydrogen-bond acceptors (Lipinski definition) is 4. The van der Waals surface area contributed by atoms with E-state index in [4.69, 9.17) is 21.1 Å². The van der Waals surface area contributed by atoms with Crippen LogP contribution in [0.5, 0.6) is 0 Å². The maximum absolute atomic E-state index is 11.6. The molecule has 0 saturated carbocycles. The summed E-state index contributed by atoms with van der Waals surface area (Å²) < 4.78 is 15.9. The molecule has 5 heteroatoms. The van der Waals surface area contributed by atoms with Gasteiger partial charge < -0.3 is 14.2 Å². The van der Waals surface area contributed by atoms with Gasteiger partial charge in [0, 0.05) is 5.92 Å². The van der Waals surface area contributed by atoms with Crippen LogP contribution in [-0.2, 0) is 19.0 Å². The molecule has 5 unspecified atom stereocenters. The second-order valence-electron chi connectivity index (χ2n) is 5.01. The third-order valence-electron chi connectivity index (χ3n) is 4.21. The molecule has 0 radical (unpaired) electrons. The molecular weight excluding hydrogens is 232 g/mol. The summed E-state index contributed by atoms with van der Waals surface area (Å²) in [5.74, 6) is -0.290. The number of alkyl halides is 1. The van der Waals surface area contributed by atoms with Crippen molar-refractivity contribution in [3.05, 3.63) is 0 Å². The van der Waals surface area contributed by atoms with Gasteiger partial charge in [0.1, 0.15) is 5.60 Å². The Morgan fingerprint density at radius 3 is 2.75 bits per heavy atom. The first-order valence-corrected chi connectivity index (χ1v) is 6.02. The van der Waals surface area contributed by atoms with E-state index in [0.29, 0.717) is 6.10 Å². The number of carbonyl (C=O) groups is 1. The summed E-state index contributed by atoms with van der Waals surface area (Å²) in [5.41, 5.74) is -0.624. The Hall–Kier alpha value is -0.320. The van der Waals surface area contributed by atoms with Crippen LogP contribution in [0.4, 0.5) is 0 Å². The highest BCUT2D eigenvalue weighted by Crippen LogP contribution is 2.61. The van der Waals surface area contributed by atoms with Crippen molar-refractivity contribution in [3.63, 3.8) is 0 Å². The van der Waals surface area contributed by atoms with Crippen molar-refractivity contribution >= 4 is 17.6 Å². The predicted octanol–water partition coefficient (Wildman–Crippen LogP) is 1.45. The molecule has 0 aromatic carbocycles. The molecule has 3 fully saturated rings. The van der Waals surface area contributed by atoms with Gasteiger partial charge in [-0.15, -0.1) is 0 Å². The number of carbonyl (C=O) groups excluding carboxylic acids is 1. The van der Waals surface area contributed by atoms with Crippen molar-refractivity contribution in [3.8, 4) is 0 Å². The van der Waals surface area contributed by atoms with E-state index in [0.717, 1.165) is 19.3 Å². The van der Waals surface area contributed by atoms with E-state index in [1.54, 1.807) is 0 Å². The van der Waals surface area contributed by atoms with Crippen LogP contribution in [0.15, 0.2) is 0 Å². The zero-order valence-corrected chi connectivity index (χ0v) is 10.1. The Balaban J connectivity index is 1.79. The van der Waals surface area contributed by atoms with Crippen LogP contribution in [0.3, 0.4) is 0 Å². The van der Waals surface area contributed by atoms with E-state index in [2.05, 4.69) is 4.74 Å². The average molecular weight is 247 g/mol. The van der Waals surface area contributed by atoms with Gasteiger partial charge in [0.15, 0.2) is 0 Å². The van der Waals surface area contributed by atoms with Crippen molar-refractivity contribution in [2.45, 2.75) is 49.1 Å². The Kier molecular flexibility index (Phi) is 2.11. The fraction of sp³-hybridized carbons (Fsp3) is 0.909. The maximum atomic E-state index is 11.6. The summed E-state index contributed by atoms with van der Waals surface area (Å²) in [6.45, 7) is 1.88. The molecule has 0 N–H and O–H groups in total. The van der Waals surface area contributed by atoms with E-state index in [1.807, 2.05) is 6.92 Å². The summed E-state index contributed by atoms with van der Waals surface area (Å²) in [7, 11) is 1.33. The maximum Gasteiger partial charge on any atom is 0.357 e. The number of methoxy groups -OCH3 is 1. The van der Waals surface area contributed by atoms with Gasteiger partial charge in [-0.1, -0.05) is 11.6 Å². The Bertz CT molecular complexity index is 347. The molecule has 0 spiro atoms. The van der Waals surface area contributed by atoms with Crippen LogP contribution < -0.4 is 0 Å². The largest absolute Gasteiger partial charge is 0.466 e. The van der Waals surface area contributed by atoms with E-state index >= 15 is 0 Å². The first-order chi connectivity index (χ1) is 7.51. The van der Waals surface area contributed by atoms with Gasteiger partial charge in [0.05, 0.1) is 19.3 Å². The van der Waals surface area contributed by atoms with Crippen LogP contribution in [-0.4, -0.2) is 35.9 Å². The Labute approximate surface area is 99.2 Å². The molecule has 3 rings (SSSR count). The van der Waals surface area contributed by atoms with Crippen LogP contribution in [0.1, 0.15) is 26.2 Å². The Morgan fingerprint density at radius 2 is 2.25 bits per heavy atom. The minimum Gasteiger partial charge on any atom is -0.466 e. The molecule has 0 aromatic rings. The van der Waals surface area contributed by atoms with E-state index < -0.39 is 16.6 Å². The molecule has 5 atom stereocenters. The van der Waals surface area contributed by atoms with Crippen molar-refractivity contribution in [1.29, 1.82) is 0 Å². The summed E-state index contributed by atoms with van der Waals surface area (Å²) in [6, 6.07) is 0. The van der Waals surface area contributed by atoms with Crippen molar-refractivity contribution in [1.82, 2.24) is 0 Å². The highest BCUT2D eigenvalue weighted by Gasteiger charge is 2.77. The van der Waals surface area contributed by atoms with E-state index in [1.165, 1.54) is 7.11 Å². The van der Waals surface area contributed by atoms with Crippen LogP contribution in [0.2, 0.25) is 0 Å². The van der Waals surface area contributed by atoms with Gasteiger partial charge in [0.25, 0.3) is 5.06 Å². The highest BCUT2D eigenvalue weighted by molar-refractivity contribution is 6.36. The zero-order chi connectivity index (χ0) is 11.6. The number of ether oxygens (including phenoxy) is 3. The number of esters is 1. The summed E-state index contributed by atoms with van der Waals surface area (Å²) >= 11 is 6.17. The molecule has 90 valence electrons. The van der Waals surface area contributed by atoms with Crippen molar-refractivity contribution in [2.75, 3.05) is 7.11 Å². The van der Waals surface area contributed by atoms with Gasteiger partial charge in [-0.05, 0) is 26.2 Å². The standard InChI is InChI=1S/C11H15ClO4/c1-10(11(12,16-10)9(13)14-2)7-5-6-3-4-8(7)15-6/h6-8H,3-5H2,1-2H3. The summed E-state index contributed by atoms with van der Waals surface area (Å²) in [5, 5.41) is -1.29. The molecule has 0 amide bonds. The zero-order valence-electron chi connectivity index (χ0n) is 9.36. The number of rotatable bonds is 2. The second-order valence-corrected chi connectivity index (χ2v) is 5.54.